The van der Waals surface area contributed by atoms with Gasteiger partial charge in [-0.3, -0.25) is 4.68 Å². The number of hydrogen-bond donors (Lipinski definition) is 1. The quantitative estimate of drug-likeness (QED) is 0.768. The van der Waals surface area contributed by atoms with Gasteiger partial charge in [0.1, 0.15) is 0 Å². The molecular formula is C21H23N3O. The summed E-state index contributed by atoms with van der Waals surface area (Å²) >= 11 is 0. The first kappa shape index (κ1) is 16.1. The smallest absolute Gasteiger partial charge is 0.0725 e. The zero-order chi connectivity index (χ0) is 17.2. The van der Waals surface area contributed by atoms with Crippen molar-refractivity contribution in [1.82, 2.24) is 15.1 Å². The molecule has 128 valence electrons. The van der Waals surface area contributed by atoms with E-state index in [4.69, 9.17) is 4.74 Å². The van der Waals surface area contributed by atoms with Crippen molar-refractivity contribution in [2.45, 2.75) is 32.7 Å². The molecule has 1 atom stereocenters. The Hall–Kier alpha value is -2.43. The Morgan fingerprint density at radius 1 is 1.12 bits per heavy atom. The fourth-order valence-electron chi connectivity index (χ4n) is 3.28. The Balaban J connectivity index is 1.44. The van der Waals surface area contributed by atoms with Gasteiger partial charge in [-0.15, -0.1) is 0 Å². The fourth-order valence-corrected chi connectivity index (χ4v) is 3.28. The highest BCUT2D eigenvalue weighted by molar-refractivity contribution is 5.62. The van der Waals surface area contributed by atoms with Crippen molar-refractivity contribution >= 4 is 0 Å². The second-order valence-corrected chi connectivity index (χ2v) is 6.73. The summed E-state index contributed by atoms with van der Waals surface area (Å²) in [6.07, 6.45) is 3.95. The van der Waals surface area contributed by atoms with Gasteiger partial charge in [0, 0.05) is 31.4 Å². The number of hydrogen-bond acceptors (Lipinski definition) is 3. The average molecular weight is 333 g/mol. The number of rotatable bonds is 5. The fraction of sp³-hybridized carbons (Fsp3) is 0.286. The molecule has 25 heavy (non-hydrogen) atoms. The minimum absolute atomic E-state index is 0.299. The largest absolute Gasteiger partial charge is 0.372 e. The van der Waals surface area contributed by atoms with Gasteiger partial charge >= 0.3 is 0 Å². The molecule has 0 saturated carbocycles. The van der Waals surface area contributed by atoms with Crippen molar-refractivity contribution in [3.05, 3.63) is 77.1 Å². The molecule has 3 aromatic rings. The Labute approximate surface area is 148 Å². The van der Waals surface area contributed by atoms with Crippen LogP contribution in [0.15, 0.2) is 54.9 Å². The van der Waals surface area contributed by atoms with E-state index in [1.165, 1.54) is 27.8 Å². The van der Waals surface area contributed by atoms with E-state index in [1.54, 1.807) is 0 Å². The number of nitrogens with zero attached hydrogens (tertiary/aromatic N) is 2. The monoisotopic (exact) mass is 333 g/mol. The van der Waals surface area contributed by atoms with Crippen molar-refractivity contribution in [1.29, 1.82) is 0 Å². The Bertz CT molecular complexity index is 884. The molecule has 4 nitrogen and oxygen atoms in total. The van der Waals surface area contributed by atoms with Crippen LogP contribution >= 0.6 is 0 Å². The molecule has 4 heteroatoms. The molecular weight excluding hydrogens is 310 g/mol. The number of ether oxygens (including phenoxy) is 1. The Kier molecular flexibility index (Phi) is 4.38. The van der Waals surface area contributed by atoms with Crippen LogP contribution < -0.4 is 5.32 Å². The first-order valence-corrected chi connectivity index (χ1v) is 8.70. The third kappa shape index (κ3) is 3.50. The molecule has 1 N–H and O–H groups in total. The number of benzene rings is 2. The van der Waals surface area contributed by atoms with Crippen LogP contribution in [0.5, 0.6) is 0 Å². The normalized spacial score (nSPS) is 14.5. The summed E-state index contributed by atoms with van der Waals surface area (Å²) in [7, 11) is 1.94. The van der Waals surface area contributed by atoms with Crippen LogP contribution in [0.3, 0.4) is 0 Å². The number of fused-ring (bicyclic) bond motifs is 1. The van der Waals surface area contributed by atoms with Crippen LogP contribution in [0.4, 0.5) is 0 Å². The van der Waals surface area contributed by atoms with Crippen LogP contribution in [0, 0.1) is 0 Å². The highest BCUT2D eigenvalue weighted by Crippen LogP contribution is 2.24. The number of aryl methyl sites for hydroxylation is 1. The van der Waals surface area contributed by atoms with Crippen LogP contribution in [-0.2, 0) is 31.5 Å². The highest BCUT2D eigenvalue weighted by Gasteiger charge is 2.13. The predicted octanol–water partition coefficient (Wildman–Crippen LogP) is 3.97. The van der Waals surface area contributed by atoms with Gasteiger partial charge in [-0.25, -0.2) is 0 Å². The molecule has 0 fully saturated rings. The molecule has 0 bridgehead atoms. The Morgan fingerprint density at radius 3 is 2.84 bits per heavy atom. The van der Waals surface area contributed by atoms with Crippen LogP contribution in [0.1, 0.15) is 35.2 Å². The van der Waals surface area contributed by atoms with Crippen LogP contribution in [0.2, 0.25) is 0 Å². The van der Waals surface area contributed by atoms with E-state index in [-0.39, 0.29) is 0 Å². The maximum Gasteiger partial charge on any atom is 0.0725 e. The van der Waals surface area contributed by atoms with E-state index >= 15 is 0 Å². The molecule has 0 amide bonds. The molecule has 2 aromatic carbocycles. The predicted molar refractivity (Wildman–Crippen MR) is 98.8 cm³/mol. The summed E-state index contributed by atoms with van der Waals surface area (Å²) < 4.78 is 7.34. The lowest BCUT2D eigenvalue weighted by Crippen LogP contribution is -2.18. The number of nitrogens with one attached hydrogen (secondary N) is 1. The molecule has 4 rings (SSSR count). The van der Waals surface area contributed by atoms with Crippen molar-refractivity contribution in [2.24, 2.45) is 7.05 Å². The molecule has 1 aliphatic heterocycles. The zero-order valence-corrected chi connectivity index (χ0v) is 14.7. The zero-order valence-electron chi connectivity index (χ0n) is 14.7. The van der Waals surface area contributed by atoms with Gasteiger partial charge in [-0.05, 0) is 40.8 Å². The lowest BCUT2D eigenvalue weighted by Gasteiger charge is -2.16. The van der Waals surface area contributed by atoms with Gasteiger partial charge in [0.2, 0.25) is 0 Å². The van der Waals surface area contributed by atoms with E-state index in [0.29, 0.717) is 6.04 Å². The summed E-state index contributed by atoms with van der Waals surface area (Å²) in [5, 5.41) is 7.88. The third-order valence-corrected chi connectivity index (χ3v) is 4.82. The van der Waals surface area contributed by atoms with Crippen LogP contribution in [0.25, 0.3) is 11.1 Å². The van der Waals surface area contributed by atoms with E-state index in [2.05, 4.69) is 59.8 Å². The van der Waals surface area contributed by atoms with Crippen molar-refractivity contribution in [3.63, 3.8) is 0 Å². The molecule has 0 radical (unpaired) electrons. The minimum atomic E-state index is 0.299. The maximum absolute atomic E-state index is 5.51. The van der Waals surface area contributed by atoms with E-state index in [9.17, 15) is 0 Å². The average Bonchev–Trinajstić information content (AvgIpc) is 3.28. The second kappa shape index (κ2) is 6.82. The lowest BCUT2D eigenvalue weighted by molar-refractivity contribution is 0.134. The third-order valence-electron chi connectivity index (χ3n) is 4.82. The van der Waals surface area contributed by atoms with Gasteiger partial charge in [0.15, 0.2) is 0 Å². The van der Waals surface area contributed by atoms with Gasteiger partial charge in [0.05, 0.1) is 19.4 Å². The van der Waals surface area contributed by atoms with Gasteiger partial charge in [-0.2, -0.15) is 5.10 Å². The molecule has 0 spiro atoms. The van der Waals surface area contributed by atoms with E-state index in [0.717, 1.165) is 25.3 Å². The first-order valence-electron chi connectivity index (χ1n) is 8.70. The van der Waals surface area contributed by atoms with Crippen molar-refractivity contribution in [2.75, 3.05) is 0 Å². The van der Waals surface area contributed by atoms with Crippen molar-refractivity contribution in [3.8, 4) is 11.1 Å². The molecule has 1 unspecified atom stereocenters. The molecule has 0 saturated heterocycles. The van der Waals surface area contributed by atoms with Crippen molar-refractivity contribution < 1.29 is 4.74 Å². The summed E-state index contributed by atoms with van der Waals surface area (Å²) in [4.78, 5) is 0. The molecule has 1 aliphatic rings. The first-order chi connectivity index (χ1) is 12.2. The SMILES string of the molecule is CC(NCc1cccc(-c2cnn(C)c2)c1)c1ccc2c(c1)COC2. The van der Waals surface area contributed by atoms with Gasteiger partial charge in [0.25, 0.3) is 0 Å². The van der Waals surface area contributed by atoms with Crippen LogP contribution in [-0.4, -0.2) is 9.78 Å². The van der Waals surface area contributed by atoms with Gasteiger partial charge in [-0.1, -0.05) is 36.4 Å². The highest BCUT2D eigenvalue weighted by atomic mass is 16.5. The molecule has 1 aromatic heterocycles. The summed E-state index contributed by atoms with van der Waals surface area (Å²) in [6.45, 7) is 4.53. The summed E-state index contributed by atoms with van der Waals surface area (Å²) in [6, 6.07) is 15.6. The molecule has 0 aliphatic carbocycles. The standard InChI is InChI=1S/C21H23N3O/c1-15(17-6-7-19-13-25-14-20(19)9-17)22-10-16-4-3-5-18(8-16)21-11-23-24(2)12-21/h3-9,11-12,15,22H,10,13-14H2,1-2H3. The summed E-state index contributed by atoms with van der Waals surface area (Å²) in [5.74, 6) is 0. The molecule has 2 heterocycles. The number of aromatic nitrogens is 2. The Morgan fingerprint density at radius 2 is 2.00 bits per heavy atom. The van der Waals surface area contributed by atoms with E-state index < -0.39 is 0 Å². The van der Waals surface area contributed by atoms with Gasteiger partial charge < -0.3 is 10.1 Å². The maximum atomic E-state index is 5.51. The topological polar surface area (TPSA) is 39.1 Å². The minimum Gasteiger partial charge on any atom is -0.372 e. The van der Waals surface area contributed by atoms with E-state index in [1.807, 2.05) is 24.1 Å². The summed E-state index contributed by atoms with van der Waals surface area (Å²) in [5.41, 5.74) is 7.58. The second-order valence-electron chi connectivity index (χ2n) is 6.73. The lowest BCUT2D eigenvalue weighted by atomic mass is 10.0.